The molecule has 0 N–H and O–H groups in total. The van der Waals surface area contributed by atoms with Crippen LogP contribution in [0.1, 0.15) is 31.9 Å². The lowest BCUT2D eigenvalue weighted by Crippen LogP contribution is -2.09. The molecular weight excluding hydrogens is 208 g/mol. The average Bonchev–Trinajstić information content (AvgIpc) is 2.71. The van der Waals surface area contributed by atoms with Crippen molar-refractivity contribution in [3.8, 4) is 0 Å². The number of rotatable bonds is 3. The summed E-state index contributed by atoms with van der Waals surface area (Å²) in [4.78, 5) is 4.05. The molecule has 0 radical (unpaired) electrons. The van der Waals surface area contributed by atoms with Crippen LogP contribution >= 0.6 is 0 Å². The standard InChI is InChI=1S/C15H20N2/c1-15(2,3)10-13-4-6-14(7-5-13)11-17-9-8-16-12-17/h4-9,12H,10-11H2,1-3H3. The molecule has 1 aromatic carbocycles. The number of nitrogens with zero attached hydrogens (tertiary/aromatic N) is 2. The SMILES string of the molecule is CC(C)(C)Cc1ccc(Cn2ccnc2)cc1. The molecule has 0 aliphatic heterocycles. The second-order valence-electron chi connectivity index (χ2n) is 5.79. The van der Waals surface area contributed by atoms with Crippen molar-refractivity contribution in [1.29, 1.82) is 0 Å². The molecule has 0 bridgehead atoms. The third-order valence-corrected chi connectivity index (χ3v) is 2.68. The van der Waals surface area contributed by atoms with E-state index in [1.165, 1.54) is 11.1 Å². The minimum Gasteiger partial charge on any atom is -0.333 e. The minimum atomic E-state index is 0.353. The van der Waals surface area contributed by atoms with Gasteiger partial charge in [0.25, 0.3) is 0 Å². The van der Waals surface area contributed by atoms with Gasteiger partial charge in [-0.1, -0.05) is 45.0 Å². The summed E-state index contributed by atoms with van der Waals surface area (Å²) in [6.07, 6.45) is 6.78. The molecule has 0 amide bonds. The van der Waals surface area contributed by atoms with Gasteiger partial charge in [0.05, 0.1) is 6.33 Å². The predicted molar refractivity (Wildman–Crippen MR) is 70.9 cm³/mol. The Kier molecular flexibility index (Phi) is 3.32. The second kappa shape index (κ2) is 4.74. The summed E-state index contributed by atoms with van der Waals surface area (Å²) in [5.41, 5.74) is 3.08. The Morgan fingerprint density at radius 3 is 2.24 bits per heavy atom. The fourth-order valence-electron chi connectivity index (χ4n) is 1.97. The highest BCUT2D eigenvalue weighted by molar-refractivity contribution is 5.23. The van der Waals surface area contributed by atoms with Crippen molar-refractivity contribution in [2.75, 3.05) is 0 Å². The Labute approximate surface area is 103 Å². The molecule has 1 aromatic heterocycles. The van der Waals surface area contributed by atoms with Gasteiger partial charge in [0, 0.05) is 18.9 Å². The Morgan fingerprint density at radius 1 is 1.06 bits per heavy atom. The zero-order valence-electron chi connectivity index (χ0n) is 10.9. The molecule has 0 atom stereocenters. The smallest absolute Gasteiger partial charge is 0.0949 e. The van der Waals surface area contributed by atoms with Crippen LogP contribution in [-0.2, 0) is 13.0 Å². The van der Waals surface area contributed by atoms with Gasteiger partial charge in [-0.3, -0.25) is 0 Å². The van der Waals surface area contributed by atoms with Crippen LogP contribution < -0.4 is 0 Å². The fourth-order valence-corrected chi connectivity index (χ4v) is 1.97. The van der Waals surface area contributed by atoms with E-state index in [0.717, 1.165) is 13.0 Å². The summed E-state index contributed by atoms with van der Waals surface area (Å²) >= 11 is 0. The maximum absolute atomic E-state index is 4.05. The van der Waals surface area contributed by atoms with Crippen LogP contribution in [-0.4, -0.2) is 9.55 Å². The van der Waals surface area contributed by atoms with Gasteiger partial charge in [-0.15, -0.1) is 0 Å². The predicted octanol–water partition coefficient (Wildman–Crippen LogP) is 3.52. The molecule has 0 fully saturated rings. The van der Waals surface area contributed by atoms with E-state index in [-0.39, 0.29) is 0 Å². The molecule has 0 spiro atoms. The fraction of sp³-hybridized carbons (Fsp3) is 0.400. The van der Waals surface area contributed by atoms with Gasteiger partial charge < -0.3 is 4.57 Å². The molecule has 2 heteroatoms. The zero-order valence-corrected chi connectivity index (χ0v) is 10.9. The number of hydrogen-bond donors (Lipinski definition) is 0. The van der Waals surface area contributed by atoms with E-state index < -0.39 is 0 Å². The number of imidazole rings is 1. The van der Waals surface area contributed by atoms with E-state index >= 15 is 0 Å². The van der Waals surface area contributed by atoms with Crippen molar-refractivity contribution in [3.63, 3.8) is 0 Å². The Hall–Kier alpha value is -1.57. The van der Waals surface area contributed by atoms with Crippen LogP contribution in [0.4, 0.5) is 0 Å². The highest BCUT2D eigenvalue weighted by Gasteiger charge is 2.10. The quantitative estimate of drug-likeness (QED) is 0.786. The van der Waals surface area contributed by atoms with Gasteiger partial charge in [0.1, 0.15) is 0 Å². The molecule has 2 rings (SSSR count). The molecule has 0 saturated carbocycles. The van der Waals surface area contributed by atoms with E-state index in [0.29, 0.717) is 5.41 Å². The number of hydrogen-bond acceptors (Lipinski definition) is 1. The molecule has 1 heterocycles. The topological polar surface area (TPSA) is 17.8 Å². The zero-order chi connectivity index (χ0) is 12.3. The van der Waals surface area contributed by atoms with E-state index in [2.05, 4.69) is 54.6 Å². The van der Waals surface area contributed by atoms with E-state index in [9.17, 15) is 0 Å². The highest BCUT2D eigenvalue weighted by atomic mass is 15.0. The van der Waals surface area contributed by atoms with Crippen LogP contribution in [0, 0.1) is 5.41 Å². The van der Waals surface area contributed by atoms with Crippen LogP contribution in [0.3, 0.4) is 0 Å². The molecule has 2 aromatic rings. The van der Waals surface area contributed by atoms with Crippen molar-refractivity contribution < 1.29 is 0 Å². The summed E-state index contributed by atoms with van der Waals surface area (Å²) in [7, 11) is 0. The molecule has 90 valence electrons. The molecule has 0 unspecified atom stereocenters. The molecule has 17 heavy (non-hydrogen) atoms. The van der Waals surface area contributed by atoms with E-state index in [1.807, 2.05) is 18.7 Å². The van der Waals surface area contributed by atoms with Crippen LogP contribution in [0.15, 0.2) is 43.0 Å². The summed E-state index contributed by atoms with van der Waals surface area (Å²) in [6, 6.07) is 8.89. The first kappa shape index (κ1) is 11.9. The maximum Gasteiger partial charge on any atom is 0.0949 e. The average molecular weight is 228 g/mol. The molecule has 0 aliphatic carbocycles. The third-order valence-electron chi connectivity index (χ3n) is 2.68. The van der Waals surface area contributed by atoms with Gasteiger partial charge in [0.15, 0.2) is 0 Å². The lowest BCUT2D eigenvalue weighted by Gasteiger charge is -2.18. The first-order valence-electron chi connectivity index (χ1n) is 6.06. The van der Waals surface area contributed by atoms with Gasteiger partial charge in [0.2, 0.25) is 0 Å². The lowest BCUT2D eigenvalue weighted by atomic mass is 9.88. The molecule has 0 saturated heterocycles. The molecular formula is C15H20N2. The van der Waals surface area contributed by atoms with Crippen molar-refractivity contribution >= 4 is 0 Å². The first-order valence-corrected chi connectivity index (χ1v) is 6.06. The number of benzene rings is 1. The Bertz CT molecular complexity index is 447. The third kappa shape index (κ3) is 3.74. The molecule has 0 aliphatic rings. The normalized spacial score (nSPS) is 11.7. The van der Waals surface area contributed by atoms with Gasteiger partial charge in [-0.25, -0.2) is 4.98 Å². The summed E-state index contributed by atoms with van der Waals surface area (Å²) in [5, 5.41) is 0. The largest absolute Gasteiger partial charge is 0.333 e. The van der Waals surface area contributed by atoms with Crippen molar-refractivity contribution in [2.24, 2.45) is 5.41 Å². The monoisotopic (exact) mass is 228 g/mol. The Balaban J connectivity index is 2.03. The van der Waals surface area contributed by atoms with Crippen LogP contribution in [0.2, 0.25) is 0 Å². The van der Waals surface area contributed by atoms with Gasteiger partial charge in [-0.05, 0) is 23.0 Å². The highest BCUT2D eigenvalue weighted by Crippen LogP contribution is 2.20. The van der Waals surface area contributed by atoms with E-state index in [4.69, 9.17) is 0 Å². The summed E-state index contributed by atoms with van der Waals surface area (Å²) in [5.74, 6) is 0. The van der Waals surface area contributed by atoms with Crippen molar-refractivity contribution in [3.05, 3.63) is 54.1 Å². The summed E-state index contributed by atoms with van der Waals surface area (Å²) in [6.45, 7) is 7.71. The van der Waals surface area contributed by atoms with Crippen molar-refractivity contribution in [2.45, 2.75) is 33.7 Å². The number of aromatic nitrogens is 2. The van der Waals surface area contributed by atoms with Crippen LogP contribution in [0.25, 0.3) is 0 Å². The van der Waals surface area contributed by atoms with E-state index in [1.54, 1.807) is 0 Å². The van der Waals surface area contributed by atoms with Gasteiger partial charge in [-0.2, -0.15) is 0 Å². The molecule has 2 nitrogen and oxygen atoms in total. The first-order chi connectivity index (χ1) is 8.03. The lowest BCUT2D eigenvalue weighted by molar-refractivity contribution is 0.411. The summed E-state index contributed by atoms with van der Waals surface area (Å²) < 4.78 is 2.08. The minimum absolute atomic E-state index is 0.353. The van der Waals surface area contributed by atoms with Gasteiger partial charge >= 0.3 is 0 Å². The Morgan fingerprint density at radius 2 is 1.71 bits per heavy atom. The van der Waals surface area contributed by atoms with Crippen molar-refractivity contribution in [1.82, 2.24) is 9.55 Å². The second-order valence-corrected chi connectivity index (χ2v) is 5.79. The maximum atomic E-state index is 4.05. The van der Waals surface area contributed by atoms with Crippen LogP contribution in [0.5, 0.6) is 0 Å².